The molecule has 4 nitrogen and oxygen atoms in total. The number of hydrogen-bond acceptors (Lipinski definition) is 3. The molecule has 1 aliphatic rings. The summed E-state index contributed by atoms with van der Waals surface area (Å²) in [7, 11) is 1.83. The van der Waals surface area contributed by atoms with Crippen molar-refractivity contribution in [3.63, 3.8) is 0 Å². The second-order valence-electron chi connectivity index (χ2n) is 5.37. The van der Waals surface area contributed by atoms with Gasteiger partial charge in [0.1, 0.15) is 0 Å². The summed E-state index contributed by atoms with van der Waals surface area (Å²) >= 11 is 0. The largest absolute Gasteiger partial charge is 0.387 e. The van der Waals surface area contributed by atoms with Crippen LogP contribution in [0.15, 0.2) is 36.5 Å². The number of rotatable bonds is 2. The molecule has 0 radical (unpaired) electrons. The van der Waals surface area contributed by atoms with E-state index >= 15 is 0 Å². The SMILES string of the molecule is CNc1cc(C)ncc1C(=O)N1CCc2ccccc2C1. The highest BCUT2D eigenvalue weighted by molar-refractivity contribution is 5.99. The monoisotopic (exact) mass is 281 g/mol. The van der Waals surface area contributed by atoms with Crippen LogP contribution in [0.4, 0.5) is 5.69 Å². The zero-order valence-electron chi connectivity index (χ0n) is 12.4. The molecular formula is C17H19N3O. The maximum atomic E-state index is 12.7. The van der Waals surface area contributed by atoms with Gasteiger partial charge in [-0.3, -0.25) is 9.78 Å². The third-order valence-corrected chi connectivity index (χ3v) is 3.96. The molecule has 2 heterocycles. The summed E-state index contributed by atoms with van der Waals surface area (Å²) in [4.78, 5) is 18.9. The summed E-state index contributed by atoms with van der Waals surface area (Å²) < 4.78 is 0. The Morgan fingerprint density at radius 3 is 2.81 bits per heavy atom. The van der Waals surface area contributed by atoms with Gasteiger partial charge in [-0.15, -0.1) is 0 Å². The van der Waals surface area contributed by atoms with Crippen molar-refractivity contribution in [1.82, 2.24) is 9.88 Å². The maximum Gasteiger partial charge on any atom is 0.257 e. The standard InChI is InChI=1S/C17H19N3O/c1-12-9-16(18-2)15(10-19-12)17(21)20-8-7-13-5-3-4-6-14(13)11-20/h3-6,9-10H,7-8,11H2,1-2H3,(H,18,19). The Hall–Kier alpha value is -2.36. The van der Waals surface area contributed by atoms with E-state index in [4.69, 9.17) is 0 Å². The molecule has 0 saturated heterocycles. The number of anilines is 1. The molecule has 1 N–H and O–H groups in total. The number of nitrogens with zero attached hydrogens (tertiary/aromatic N) is 2. The first-order valence-corrected chi connectivity index (χ1v) is 7.19. The summed E-state index contributed by atoms with van der Waals surface area (Å²) in [6.45, 7) is 3.35. The molecule has 21 heavy (non-hydrogen) atoms. The van der Waals surface area contributed by atoms with Crippen LogP contribution < -0.4 is 5.32 Å². The molecule has 0 atom stereocenters. The average molecular weight is 281 g/mol. The van der Waals surface area contributed by atoms with Crippen LogP contribution in [0, 0.1) is 6.92 Å². The van der Waals surface area contributed by atoms with Gasteiger partial charge in [0.25, 0.3) is 5.91 Å². The molecule has 0 saturated carbocycles. The average Bonchev–Trinajstić information content (AvgIpc) is 2.53. The first-order valence-electron chi connectivity index (χ1n) is 7.19. The Morgan fingerprint density at radius 1 is 1.29 bits per heavy atom. The zero-order chi connectivity index (χ0) is 14.8. The summed E-state index contributed by atoms with van der Waals surface area (Å²) in [6.07, 6.45) is 2.58. The van der Waals surface area contributed by atoms with Gasteiger partial charge in [0.15, 0.2) is 0 Å². The third kappa shape index (κ3) is 2.61. The second kappa shape index (κ2) is 5.56. The number of nitrogens with one attached hydrogen (secondary N) is 1. The Balaban J connectivity index is 1.87. The minimum absolute atomic E-state index is 0.0429. The fraction of sp³-hybridized carbons (Fsp3) is 0.294. The molecule has 0 aliphatic carbocycles. The Kier molecular flexibility index (Phi) is 3.60. The van der Waals surface area contributed by atoms with Crippen molar-refractivity contribution in [2.45, 2.75) is 19.9 Å². The van der Waals surface area contributed by atoms with E-state index in [1.807, 2.05) is 31.0 Å². The van der Waals surface area contributed by atoms with E-state index in [2.05, 4.69) is 28.5 Å². The molecule has 0 fully saturated rings. The highest BCUT2D eigenvalue weighted by Gasteiger charge is 2.23. The van der Waals surface area contributed by atoms with E-state index in [0.29, 0.717) is 12.1 Å². The van der Waals surface area contributed by atoms with Gasteiger partial charge in [-0.2, -0.15) is 0 Å². The number of carbonyl (C=O) groups is 1. The van der Waals surface area contributed by atoms with Crippen LogP contribution in [0.5, 0.6) is 0 Å². The highest BCUT2D eigenvalue weighted by atomic mass is 16.2. The summed E-state index contributed by atoms with van der Waals surface area (Å²) in [5.41, 5.74) is 4.97. The third-order valence-electron chi connectivity index (χ3n) is 3.96. The smallest absolute Gasteiger partial charge is 0.257 e. The topological polar surface area (TPSA) is 45.2 Å². The van der Waals surface area contributed by atoms with Gasteiger partial charge in [0.2, 0.25) is 0 Å². The summed E-state index contributed by atoms with van der Waals surface area (Å²) in [5, 5.41) is 3.09. The van der Waals surface area contributed by atoms with E-state index in [1.165, 1.54) is 11.1 Å². The van der Waals surface area contributed by atoms with Crippen molar-refractivity contribution >= 4 is 11.6 Å². The van der Waals surface area contributed by atoms with Gasteiger partial charge in [0, 0.05) is 32.0 Å². The normalized spacial score (nSPS) is 13.7. The predicted molar refractivity (Wildman–Crippen MR) is 83.4 cm³/mol. The van der Waals surface area contributed by atoms with Crippen LogP contribution in [-0.2, 0) is 13.0 Å². The fourth-order valence-corrected chi connectivity index (χ4v) is 2.78. The summed E-state index contributed by atoms with van der Waals surface area (Å²) in [6, 6.07) is 10.2. The molecule has 108 valence electrons. The number of hydrogen-bond donors (Lipinski definition) is 1. The lowest BCUT2D eigenvalue weighted by atomic mass is 9.99. The number of benzene rings is 1. The highest BCUT2D eigenvalue weighted by Crippen LogP contribution is 2.23. The van der Waals surface area contributed by atoms with Gasteiger partial charge >= 0.3 is 0 Å². The molecule has 3 rings (SSSR count). The molecular weight excluding hydrogens is 262 g/mol. The second-order valence-corrected chi connectivity index (χ2v) is 5.37. The number of carbonyl (C=O) groups excluding carboxylic acids is 1. The lowest BCUT2D eigenvalue weighted by Gasteiger charge is -2.29. The van der Waals surface area contributed by atoms with Gasteiger partial charge in [-0.05, 0) is 30.5 Å². The van der Waals surface area contributed by atoms with Crippen molar-refractivity contribution in [2.24, 2.45) is 0 Å². The fourth-order valence-electron chi connectivity index (χ4n) is 2.78. The van der Waals surface area contributed by atoms with Crippen molar-refractivity contribution in [2.75, 3.05) is 18.9 Å². The Labute approximate surface area is 124 Å². The molecule has 4 heteroatoms. The molecule has 1 amide bonds. The first-order chi connectivity index (χ1) is 10.2. The quantitative estimate of drug-likeness (QED) is 0.920. The number of aryl methyl sites for hydroxylation is 1. The predicted octanol–water partition coefficient (Wildman–Crippen LogP) is 2.63. The van der Waals surface area contributed by atoms with Crippen molar-refractivity contribution in [3.8, 4) is 0 Å². The van der Waals surface area contributed by atoms with Gasteiger partial charge < -0.3 is 10.2 Å². The minimum atomic E-state index is 0.0429. The summed E-state index contributed by atoms with van der Waals surface area (Å²) in [5.74, 6) is 0.0429. The molecule has 1 aliphatic heterocycles. The first kappa shape index (κ1) is 13.6. The zero-order valence-corrected chi connectivity index (χ0v) is 12.4. The van der Waals surface area contributed by atoms with Gasteiger partial charge in [-0.25, -0.2) is 0 Å². The van der Waals surface area contributed by atoms with Crippen LogP contribution in [-0.4, -0.2) is 29.4 Å². The van der Waals surface area contributed by atoms with Crippen LogP contribution in [0.3, 0.4) is 0 Å². The van der Waals surface area contributed by atoms with Crippen molar-refractivity contribution < 1.29 is 4.79 Å². The number of fused-ring (bicyclic) bond motifs is 1. The van der Waals surface area contributed by atoms with Crippen LogP contribution in [0.1, 0.15) is 27.2 Å². The van der Waals surface area contributed by atoms with Gasteiger partial charge in [0.05, 0.1) is 11.3 Å². The molecule has 0 unspecified atom stereocenters. The van der Waals surface area contributed by atoms with E-state index in [1.54, 1.807) is 6.20 Å². The maximum absolute atomic E-state index is 12.7. The number of aromatic nitrogens is 1. The van der Waals surface area contributed by atoms with E-state index in [-0.39, 0.29) is 5.91 Å². The number of amides is 1. The van der Waals surface area contributed by atoms with E-state index < -0.39 is 0 Å². The van der Waals surface area contributed by atoms with Crippen molar-refractivity contribution in [3.05, 3.63) is 58.9 Å². The Bertz CT molecular complexity index is 681. The lowest BCUT2D eigenvalue weighted by molar-refractivity contribution is 0.0735. The number of pyridine rings is 1. The molecule has 1 aromatic heterocycles. The molecule has 0 bridgehead atoms. The lowest BCUT2D eigenvalue weighted by Crippen LogP contribution is -2.36. The van der Waals surface area contributed by atoms with Crippen LogP contribution in [0.2, 0.25) is 0 Å². The molecule has 0 spiro atoms. The van der Waals surface area contributed by atoms with E-state index in [0.717, 1.165) is 24.3 Å². The van der Waals surface area contributed by atoms with Gasteiger partial charge in [-0.1, -0.05) is 24.3 Å². The van der Waals surface area contributed by atoms with Crippen LogP contribution in [0.25, 0.3) is 0 Å². The molecule has 2 aromatic rings. The minimum Gasteiger partial charge on any atom is -0.387 e. The molecule has 1 aromatic carbocycles. The Morgan fingerprint density at radius 2 is 2.05 bits per heavy atom. The van der Waals surface area contributed by atoms with Crippen molar-refractivity contribution in [1.29, 1.82) is 0 Å². The van der Waals surface area contributed by atoms with E-state index in [9.17, 15) is 4.79 Å². The van der Waals surface area contributed by atoms with Crippen LogP contribution >= 0.6 is 0 Å².